The first kappa shape index (κ1) is 13.8. The number of anilines is 1. The van der Waals surface area contributed by atoms with Crippen LogP contribution in [0.4, 0.5) is 5.82 Å². The van der Waals surface area contributed by atoms with Crippen molar-refractivity contribution in [3.05, 3.63) is 52.7 Å². The van der Waals surface area contributed by atoms with Crippen molar-refractivity contribution in [1.29, 1.82) is 0 Å². The fraction of sp³-hybridized carbons (Fsp3) is 0. The summed E-state index contributed by atoms with van der Waals surface area (Å²) >= 11 is 5.71. The van der Waals surface area contributed by atoms with Crippen LogP contribution in [0.25, 0.3) is 0 Å². The molecule has 2 rings (SSSR count). The Morgan fingerprint density at radius 2 is 2.05 bits per heavy atom. The van der Waals surface area contributed by atoms with E-state index in [9.17, 15) is 9.90 Å². The van der Waals surface area contributed by atoms with Gasteiger partial charge in [-0.05, 0) is 24.3 Å². The van der Waals surface area contributed by atoms with E-state index in [0.29, 0.717) is 5.56 Å². The van der Waals surface area contributed by atoms with E-state index in [0.717, 1.165) is 0 Å². The van der Waals surface area contributed by atoms with Crippen molar-refractivity contribution in [3.8, 4) is 5.75 Å². The smallest absolute Gasteiger partial charge is 0.339 e. The van der Waals surface area contributed by atoms with Crippen LogP contribution in [-0.2, 0) is 0 Å². The molecule has 0 unspecified atom stereocenters. The molecule has 0 saturated heterocycles. The maximum Gasteiger partial charge on any atom is 0.339 e. The molecule has 0 atom stereocenters. The molecule has 0 fully saturated rings. The molecule has 20 heavy (non-hydrogen) atoms. The van der Waals surface area contributed by atoms with E-state index in [-0.39, 0.29) is 22.3 Å². The molecule has 0 amide bonds. The van der Waals surface area contributed by atoms with E-state index in [4.69, 9.17) is 16.7 Å². The summed E-state index contributed by atoms with van der Waals surface area (Å²) < 4.78 is 0. The minimum absolute atomic E-state index is 0.0247. The van der Waals surface area contributed by atoms with Crippen LogP contribution in [0.15, 0.2) is 41.5 Å². The number of hydrogen-bond donors (Lipinski definition) is 3. The predicted molar refractivity (Wildman–Crippen MR) is 75.5 cm³/mol. The number of pyridine rings is 1. The van der Waals surface area contributed by atoms with Gasteiger partial charge in [0.15, 0.2) is 5.82 Å². The van der Waals surface area contributed by atoms with Gasteiger partial charge in [-0.15, -0.1) is 0 Å². The third-order valence-electron chi connectivity index (χ3n) is 2.40. The lowest BCUT2D eigenvalue weighted by molar-refractivity contribution is 0.0697. The molecule has 1 aromatic carbocycles. The van der Waals surface area contributed by atoms with Crippen molar-refractivity contribution in [2.75, 3.05) is 5.43 Å². The van der Waals surface area contributed by atoms with Gasteiger partial charge in [0.2, 0.25) is 0 Å². The molecule has 2 aromatic rings. The number of hydrogen-bond acceptors (Lipinski definition) is 5. The molecule has 7 heteroatoms. The molecular weight excluding hydrogens is 282 g/mol. The lowest BCUT2D eigenvalue weighted by Crippen LogP contribution is -2.04. The van der Waals surface area contributed by atoms with Gasteiger partial charge in [0.05, 0.1) is 6.21 Å². The number of phenols is 1. The Balaban J connectivity index is 2.21. The molecule has 102 valence electrons. The summed E-state index contributed by atoms with van der Waals surface area (Å²) in [5.74, 6) is -1.05. The van der Waals surface area contributed by atoms with Crippen LogP contribution in [0, 0.1) is 0 Å². The predicted octanol–water partition coefficient (Wildman–Crippen LogP) is 2.58. The first-order valence-corrected chi connectivity index (χ1v) is 5.92. The number of aromatic carboxylic acids is 1. The number of carboxylic acids is 1. The average Bonchev–Trinajstić information content (AvgIpc) is 2.41. The van der Waals surface area contributed by atoms with Crippen molar-refractivity contribution in [2.24, 2.45) is 5.10 Å². The fourth-order valence-corrected chi connectivity index (χ4v) is 1.60. The summed E-state index contributed by atoms with van der Waals surface area (Å²) in [5, 5.41) is 22.5. The fourth-order valence-electron chi connectivity index (χ4n) is 1.45. The molecule has 0 aliphatic rings. The first-order valence-electron chi connectivity index (χ1n) is 5.55. The minimum atomic E-state index is -1.14. The third kappa shape index (κ3) is 3.24. The summed E-state index contributed by atoms with van der Waals surface area (Å²) in [6.07, 6.45) is 1.35. The Morgan fingerprint density at radius 1 is 1.30 bits per heavy atom. The van der Waals surface area contributed by atoms with Gasteiger partial charge in [0.1, 0.15) is 16.5 Å². The van der Waals surface area contributed by atoms with Crippen molar-refractivity contribution in [1.82, 2.24) is 4.98 Å². The highest BCUT2D eigenvalue weighted by molar-refractivity contribution is 6.29. The maximum atomic E-state index is 11.0. The van der Waals surface area contributed by atoms with Crippen LogP contribution in [0.3, 0.4) is 0 Å². The van der Waals surface area contributed by atoms with Crippen molar-refractivity contribution >= 4 is 29.6 Å². The molecule has 1 heterocycles. The van der Waals surface area contributed by atoms with Crippen LogP contribution < -0.4 is 5.43 Å². The maximum absolute atomic E-state index is 11.0. The SMILES string of the molecule is O=C(O)c1ccc(Cl)nc1NN=Cc1ccccc1O. The topological polar surface area (TPSA) is 94.8 Å². The van der Waals surface area contributed by atoms with Gasteiger partial charge in [-0.2, -0.15) is 5.10 Å². The molecule has 1 aromatic heterocycles. The van der Waals surface area contributed by atoms with E-state index in [1.54, 1.807) is 18.2 Å². The van der Waals surface area contributed by atoms with Crippen molar-refractivity contribution in [3.63, 3.8) is 0 Å². The van der Waals surface area contributed by atoms with Crippen LogP contribution in [0.2, 0.25) is 5.15 Å². The second-order valence-electron chi connectivity index (χ2n) is 3.76. The molecule has 0 bridgehead atoms. The van der Waals surface area contributed by atoms with Gasteiger partial charge < -0.3 is 10.2 Å². The number of carbonyl (C=O) groups is 1. The Hall–Kier alpha value is -2.60. The van der Waals surface area contributed by atoms with Crippen LogP contribution in [0.5, 0.6) is 5.75 Å². The molecule has 0 saturated carbocycles. The Kier molecular flexibility index (Phi) is 4.17. The molecule has 6 nitrogen and oxygen atoms in total. The van der Waals surface area contributed by atoms with Crippen LogP contribution in [-0.4, -0.2) is 27.4 Å². The highest BCUT2D eigenvalue weighted by atomic mass is 35.5. The van der Waals surface area contributed by atoms with Gasteiger partial charge in [0, 0.05) is 5.56 Å². The molecule has 0 aliphatic heterocycles. The quantitative estimate of drug-likeness (QED) is 0.457. The van der Waals surface area contributed by atoms with Crippen molar-refractivity contribution in [2.45, 2.75) is 0 Å². The van der Waals surface area contributed by atoms with E-state index in [1.807, 2.05) is 0 Å². The number of carboxylic acid groups (broad SMARTS) is 1. The second kappa shape index (κ2) is 6.03. The zero-order chi connectivity index (χ0) is 14.5. The number of hydrazone groups is 1. The zero-order valence-corrected chi connectivity index (χ0v) is 10.9. The Bertz CT molecular complexity index is 674. The highest BCUT2D eigenvalue weighted by Gasteiger charge is 2.11. The van der Waals surface area contributed by atoms with Gasteiger partial charge >= 0.3 is 5.97 Å². The largest absolute Gasteiger partial charge is 0.507 e. The lowest BCUT2D eigenvalue weighted by atomic mass is 10.2. The van der Waals surface area contributed by atoms with Crippen LogP contribution >= 0.6 is 11.6 Å². The molecule has 0 aliphatic carbocycles. The number of para-hydroxylation sites is 1. The number of nitrogens with one attached hydrogen (secondary N) is 1. The molecule has 0 spiro atoms. The summed E-state index contributed by atoms with van der Waals surface area (Å²) in [4.78, 5) is 14.9. The minimum Gasteiger partial charge on any atom is -0.507 e. The van der Waals surface area contributed by atoms with Gasteiger partial charge in [-0.3, -0.25) is 5.43 Å². The summed E-state index contributed by atoms with van der Waals surface area (Å²) in [7, 11) is 0. The van der Waals surface area contributed by atoms with E-state index in [1.165, 1.54) is 24.4 Å². The highest BCUT2D eigenvalue weighted by Crippen LogP contribution is 2.17. The first-order chi connectivity index (χ1) is 9.58. The number of rotatable bonds is 4. The van der Waals surface area contributed by atoms with Gasteiger partial charge in [-0.25, -0.2) is 9.78 Å². The molecular formula is C13H10ClN3O3. The van der Waals surface area contributed by atoms with E-state index < -0.39 is 5.97 Å². The molecule has 3 N–H and O–H groups in total. The summed E-state index contributed by atoms with van der Waals surface area (Å²) in [5.41, 5.74) is 2.93. The third-order valence-corrected chi connectivity index (χ3v) is 2.61. The number of phenolic OH excluding ortho intramolecular Hbond substituents is 1. The standard InChI is InChI=1S/C13H10ClN3O3/c14-11-6-5-9(13(19)20)12(16-11)17-15-7-8-3-1-2-4-10(8)18/h1-7,18H,(H,16,17)(H,19,20). The second-order valence-corrected chi connectivity index (χ2v) is 4.15. The van der Waals surface area contributed by atoms with Gasteiger partial charge in [0.25, 0.3) is 0 Å². The number of nitrogens with zero attached hydrogens (tertiary/aromatic N) is 2. The monoisotopic (exact) mass is 291 g/mol. The normalized spacial score (nSPS) is 10.7. The average molecular weight is 292 g/mol. The zero-order valence-electron chi connectivity index (χ0n) is 10.1. The van der Waals surface area contributed by atoms with E-state index >= 15 is 0 Å². The summed E-state index contributed by atoms with van der Waals surface area (Å²) in [6, 6.07) is 9.30. The van der Waals surface area contributed by atoms with Gasteiger partial charge in [-0.1, -0.05) is 23.7 Å². The Morgan fingerprint density at radius 3 is 2.75 bits per heavy atom. The lowest BCUT2D eigenvalue weighted by Gasteiger charge is -2.04. The van der Waals surface area contributed by atoms with Crippen LogP contribution in [0.1, 0.15) is 15.9 Å². The van der Waals surface area contributed by atoms with E-state index in [2.05, 4.69) is 15.5 Å². The number of aromatic hydroxyl groups is 1. The Labute approximate surface area is 119 Å². The van der Waals surface area contributed by atoms with Crippen molar-refractivity contribution < 1.29 is 15.0 Å². The number of aromatic nitrogens is 1. The number of halogens is 1. The number of benzene rings is 1. The summed E-state index contributed by atoms with van der Waals surface area (Å²) in [6.45, 7) is 0. The molecule has 0 radical (unpaired) electrons.